The van der Waals surface area contributed by atoms with Crippen LogP contribution in [0.3, 0.4) is 0 Å². The van der Waals surface area contributed by atoms with Crippen molar-refractivity contribution >= 4 is 10.9 Å². The Morgan fingerprint density at radius 1 is 1.35 bits per heavy atom. The summed E-state index contributed by atoms with van der Waals surface area (Å²) in [5.41, 5.74) is -0.0246. The van der Waals surface area contributed by atoms with Crippen LogP contribution in [0, 0.1) is 0 Å². The molecule has 2 aromatic rings. The van der Waals surface area contributed by atoms with Crippen molar-refractivity contribution in [3.05, 3.63) is 39.0 Å². The topological polar surface area (TPSA) is 64.1 Å². The second kappa shape index (κ2) is 3.48. The van der Waals surface area contributed by atoms with Crippen molar-refractivity contribution in [2.45, 2.75) is 18.9 Å². The second-order valence-electron chi connectivity index (χ2n) is 4.25. The minimum absolute atomic E-state index is 0.0813. The van der Waals surface area contributed by atoms with E-state index in [0.717, 1.165) is 12.8 Å². The van der Waals surface area contributed by atoms with Gasteiger partial charge in [-0.1, -0.05) is 0 Å². The Bertz CT molecular complexity index is 695. The lowest BCUT2D eigenvalue weighted by molar-refractivity contribution is 0.415. The molecule has 1 saturated carbocycles. The van der Waals surface area contributed by atoms with E-state index in [-0.39, 0.29) is 17.3 Å². The molecule has 88 valence electrons. The zero-order valence-electron chi connectivity index (χ0n) is 9.40. The molecule has 0 spiro atoms. The van der Waals surface area contributed by atoms with E-state index in [1.54, 1.807) is 25.3 Å². The maximum absolute atomic E-state index is 12.1. The van der Waals surface area contributed by atoms with Gasteiger partial charge in [0.25, 0.3) is 5.56 Å². The molecule has 1 aromatic carbocycles. The van der Waals surface area contributed by atoms with Gasteiger partial charge in [0.1, 0.15) is 5.75 Å². The summed E-state index contributed by atoms with van der Waals surface area (Å²) in [4.78, 5) is 26.7. The maximum atomic E-state index is 12.1. The fourth-order valence-electron chi connectivity index (χ4n) is 2.00. The van der Waals surface area contributed by atoms with Crippen molar-refractivity contribution in [3.8, 4) is 5.75 Å². The van der Waals surface area contributed by atoms with Crippen LogP contribution >= 0.6 is 0 Å². The van der Waals surface area contributed by atoms with E-state index in [0.29, 0.717) is 16.7 Å². The van der Waals surface area contributed by atoms with Crippen molar-refractivity contribution in [1.29, 1.82) is 0 Å². The molecule has 0 unspecified atom stereocenters. The zero-order valence-corrected chi connectivity index (χ0v) is 9.40. The Balaban J connectivity index is 2.35. The largest absolute Gasteiger partial charge is 0.497 e. The molecule has 0 saturated heterocycles. The van der Waals surface area contributed by atoms with Gasteiger partial charge in [-0.25, -0.2) is 4.79 Å². The van der Waals surface area contributed by atoms with Crippen molar-refractivity contribution in [2.24, 2.45) is 0 Å². The maximum Gasteiger partial charge on any atom is 0.329 e. The highest BCUT2D eigenvalue weighted by Crippen LogP contribution is 2.32. The molecule has 1 heterocycles. The third-order valence-corrected chi connectivity index (χ3v) is 3.05. The van der Waals surface area contributed by atoms with Crippen LogP contribution in [0.1, 0.15) is 18.9 Å². The predicted octanol–water partition coefficient (Wildman–Crippen LogP) is 1.03. The molecule has 5 nitrogen and oxygen atoms in total. The van der Waals surface area contributed by atoms with Crippen LogP contribution in [-0.2, 0) is 0 Å². The molecule has 5 heteroatoms. The van der Waals surface area contributed by atoms with Gasteiger partial charge in [-0.15, -0.1) is 0 Å². The quantitative estimate of drug-likeness (QED) is 0.841. The number of rotatable bonds is 2. The first-order chi connectivity index (χ1) is 8.20. The summed E-state index contributed by atoms with van der Waals surface area (Å²) in [5.74, 6) is 0.622. The summed E-state index contributed by atoms with van der Waals surface area (Å²) in [6.45, 7) is 0. The molecule has 0 radical (unpaired) electrons. The van der Waals surface area contributed by atoms with Gasteiger partial charge in [-0.2, -0.15) is 0 Å². The lowest BCUT2D eigenvalue weighted by atomic mass is 10.2. The normalized spacial score (nSPS) is 15.1. The van der Waals surface area contributed by atoms with Crippen molar-refractivity contribution in [3.63, 3.8) is 0 Å². The average molecular weight is 232 g/mol. The monoisotopic (exact) mass is 232 g/mol. The number of ether oxygens (including phenoxy) is 1. The highest BCUT2D eigenvalue weighted by Gasteiger charge is 2.27. The van der Waals surface area contributed by atoms with Gasteiger partial charge in [0, 0.05) is 12.1 Å². The Hall–Kier alpha value is -2.04. The first-order valence-corrected chi connectivity index (χ1v) is 5.53. The number of aromatic nitrogens is 2. The lowest BCUT2D eigenvalue weighted by Gasteiger charge is -2.05. The molecule has 0 atom stereocenters. The summed E-state index contributed by atoms with van der Waals surface area (Å²) in [6, 6.07) is 5.15. The summed E-state index contributed by atoms with van der Waals surface area (Å²) in [7, 11) is 1.55. The summed E-state index contributed by atoms with van der Waals surface area (Å²) in [5, 5.41) is 0.525. The predicted molar refractivity (Wildman–Crippen MR) is 63.7 cm³/mol. The summed E-state index contributed by atoms with van der Waals surface area (Å²) >= 11 is 0. The lowest BCUT2D eigenvalue weighted by Crippen LogP contribution is -2.34. The molecule has 17 heavy (non-hydrogen) atoms. The summed E-state index contributed by atoms with van der Waals surface area (Å²) in [6.07, 6.45) is 1.81. The molecule has 1 N–H and O–H groups in total. The molecule has 0 bridgehead atoms. The van der Waals surface area contributed by atoms with E-state index in [1.807, 2.05) is 0 Å². The van der Waals surface area contributed by atoms with E-state index in [9.17, 15) is 9.59 Å². The number of nitrogens with zero attached hydrogens (tertiary/aromatic N) is 1. The Morgan fingerprint density at radius 3 is 2.76 bits per heavy atom. The van der Waals surface area contributed by atoms with Crippen molar-refractivity contribution in [2.75, 3.05) is 7.11 Å². The number of nitrogens with one attached hydrogen (secondary N) is 1. The van der Waals surface area contributed by atoms with Gasteiger partial charge in [-0.05, 0) is 25.0 Å². The number of hydrogen-bond acceptors (Lipinski definition) is 3. The van der Waals surface area contributed by atoms with Crippen molar-refractivity contribution in [1.82, 2.24) is 9.55 Å². The van der Waals surface area contributed by atoms with Crippen LogP contribution < -0.4 is 16.0 Å². The Kier molecular flexibility index (Phi) is 2.07. The smallest absolute Gasteiger partial charge is 0.329 e. The van der Waals surface area contributed by atoms with Crippen LogP contribution in [0.5, 0.6) is 5.75 Å². The minimum atomic E-state index is -0.335. The Labute approximate surface area is 96.7 Å². The second-order valence-corrected chi connectivity index (χ2v) is 4.25. The highest BCUT2D eigenvalue weighted by atomic mass is 16.5. The number of H-pyrrole nitrogens is 1. The molecule has 1 aliphatic carbocycles. The highest BCUT2D eigenvalue weighted by molar-refractivity contribution is 5.78. The van der Waals surface area contributed by atoms with Crippen molar-refractivity contribution < 1.29 is 4.74 Å². The Morgan fingerprint density at radius 2 is 2.12 bits per heavy atom. The fraction of sp³-hybridized carbons (Fsp3) is 0.333. The van der Waals surface area contributed by atoms with Gasteiger partial charge in [-0.3, -0.25) is 9.36 Å². The van der Waals surface area contributed by atoms with Crippen LogP contribution in [0.25, 0.3) is 10.9 Å². The number of methoxy groups -OCH3 is 1. The molecular weight excluding hydrogens is 220 g/mol. The van der Waals surface area contributed by atoms with Gasteiger partial charge in [0.05, 0.1) is 18.0 Å². The number of hydrogen-bond donors (Lipinski definition) is 1. The first kappa shape index (κ1) is 10.1. The van der Waals surface area contributed by atoms with E-state index >= 15 is 0 Å². The van der Waals surface area contributed by atoms with E-state index in [2.05, 4.69) is 4.98 Å². The standard InChI is InChI=1S/C12H12N2O3/c1-17-8-4-5-9-10(6-8)13-12(16)14(11(9)15)7-2-3-7/h4-7H,2-3H2,1H3,(H,13,16). The molecule has 3 rings (SSSR count). The third-order valence-electron chi connectivity index (χ3n) is 3.05. The fourth-order valence-corrected chi connectivity index (χ4v) is 2.00. The van der Waals surface area contributed by atoms with E-state index < -0.39 is 0 Å². The first-order valence-electron chi connectivity index (χ1n) is 5.53. The van der Waals surface area contributed by atoms with Gasteiger partial charge in [0.2, 0.25) is 0 Å². The number of benzene rings is 1. The third kappa shape index (κ3) is 1.54. The zero-order chi connectivity index (χ0) is 12.0. The van der Waals surface area contributed by atoms with Crippen LogP contribution in [0.4, 0.5) is 0 Å². The van der Waals surface area contributed by atoms with E-state index in [4.69, 9.17) is 4.74 Å². The summed E-state index contributed by atoms with van der Waals surface area (Å²) < 4.78 is 6.38. The number of aromatic amines is 1. The number of fused-ring (bicyclic) bond motifs is 1. The molecule has 1 aliphatic rings. The molecular formula is C12H12N2O3. The van der Waals surface area contributed by atoms with E-state index in [1.165, 1.54) is 4.57 Å². The van der Waals surface area contributed by atoms with Crippen LogP contribution in [0.15, 0.2) is 27.8 Å². The van der Waals surface area contributed by atoms with Crippen LogP contribution in [-0.4, -0.2) is 16.7 Å². The van der Waals surface area contributed by atoms with Crippen LogP contribution in [0.2, 0.25) is 0 Å². The average Bonchev–Trinajstić information content (AvgIpc) is 3.12. The SMILES string of the molecule is COc1ccc2c(=O)n(C3CC3)c(=O)[nH]c2c1. The molecule has 1 fully saturated rings. The molecule has 1 aromatic heterocycles. The van der Waals surface area contributed by atoms with Gasteiger partial charge >= 0.3 is 5.69 Å². The van der Waals surface area contributed by atoms with Gasteiger partial charge in [0.15, 0.2) is 0 Å². The minimum Gasteiger partial charge on any atom is -0.497 e. The molecule has 0 amide bonds. The molecule has 0 aliphatic heterocycles. The van der Waals surface area contributed by atoms with Gasteiger partial charge < -0.3 is 9.72 Å².